The van der Waals surface area contributed by atoms with Crippen LogP contribution >= 0.6 is 11.6 Å². The summed E-state index contributed by atoms with van der Waals surface area (Å²) in [4.78, 5) is 10.7. The summed E-state index contributed by atoms with van der Waals surface area (Å²) >= 11 is 5.88. The van der Waals surface area contributed by atoms with Gasteiger partial charge < -0.3 is 11.5 Å². The Labute approximate surface area is 92.2 Å². The number of amides is 1. The summed E-state index contributed by atoms with van der Waals surface area (Å²) in [6.45, 7) is 1.60. The van der Waals surface area contributed by atoms with Gasteiger partial charge in [-0.2, -0.15) is 0 Å². The molecule has 0 saturated carbocycles. The van der Waals surface area contributed by atoms with Crippen LogP contribution in [0.3, 0.4) is 0 Å². The molecule has 0 aliphatic carbocycles. The molecule has 1 aromatic rings. The maximum absolute atomic E-state index is 13.2. The zero-order valence-corrected chi connectivity index (χ0v) is 9.01. The average Bonchev–Trinajstić information content (AvgIpc) is 2.09. The summed E-state index contributed by atoms with van der Waals surface area (Å²) in [5, 5.41) is 0.350. The molecule has 15 heavy (non-hydrogen) atoms. The Bertz CT molecular complexity index is 395. The minimum absolute atomic E-state index is 0.0534. The van der Waals surface area contributed by atoms with Crippen LogP contribution in [-0.2, 0) is 4.79 Å². The van der Waals surface area contributed by atoms with E-state index in [1.54, 1.807) is 6.92 Å². The lowest BCUT2D eigenvalue weighted by atomic mass is 10.0. The molecule has 0 fully saturated rings. The van der Waals surface area contributed by atoms with E-state index < -0.39 is 17.8 Å². The first-order valence-electron chi connectivity index (χ1n) is 4.41. The highest BCUT2D eigenvalue weighted by atomic mass is 35.5. The maximum atomic E-state index is 13.2. The average molecular weight is 231 g/mol. The third-order valence-corrected chi connectivity index (χ3v) is 2.43. The number of hydrogen-bond acceptors (Lipinski definition) is 2. The van der Waals surface area contributed by atoms with E-state index in [9.17, 15) is 9.18 Å². The van der Waals surface area contributed by atoms with E-state index in [4.69, 9.17) is 23.1 Å². The largest absolute Gasteiger partial charge is 0.370 e. The molecule has 3 nitrogen and oxygen atoms in total. The Kier molecular flexibility index (Phi) is 3.66. The van der Waals surface area contributed by atoms with Gasteiger partial charge in [-0.15, -0.1) is 0 Å². The number of primary amides is 1. The topological polar surface area (TPSA) is 69.1 Å². The smallest absolute Gasteiger partial charge is 0.219 e. The second-order valence-corrected chi connectivity index (χ2v) is 3.81. The second-order valence-electron chi connectivity index (χ2n) is 3.40. The maximum Gasteiger partial charge on any atom is 0.219 e. The van der Waals surface area contributed by atoms with E-state index in [2.05, 4.69) is 0 Å². The lowest BCUT2D eigenvalue weighted by Gasteiger charge is -2.12. The van der Waals surface area contributed by atoms with Gasteiger partial charge in [-0.25, -0.2) is 4.39 Å². The van der Waals surface area contributed by atoms with E-state index in [-0.39, 0.29) is 6.42 Å². The highest BCUT2D eigenvalue weighted by Gasteiger charge is 2.14. The fourth-order valence-electron chi connectivity index (χ4n) is 1.27. The number of nitrogens with two attached hydrogens (primary N) is 2. The third-order valence-electron chi connectivity index (χ3n) is 2.10. The standard InChI is InChI=1S/C10H12ClFN2O/c1-5-2-7(11)6(3-8(5)12)9(13)4-10(14)15/h2-3,9H,4,13H2,1H3,(H2,14,15). The van der Waals surface area contributed by atoms with Crippen LogP contribution in [0.1, 0.15) is 23.6 Å². The molecule has 0 aromatic heterocycles. The van der Waals surface area contributed by atoms with Crippen molar-refractivity contribution in [2.75, 3.05) is 0 Å². The molecule has 4 N–H and O–H groups in total. The van der Waals surface area contributed by atoms with Crippen molar-refractivity contribution in [2.45, 2.75) is 19.4 Å². The molecule has 0 aliphatic heterocycles. The predicted octanol–water partition coefficient (Wildman–Crippen LogP) is 1.66. The molecule has 0 saturated heterocycles. The van der Waals surface area contributed by atoms with Crippen LogP contribution in [0.15, 0.2) is 12.1 Å². The normalized spacial score (nSPS) is 12.5. The molecule has 0 spiro atoms. The highest BCUT2D eigenvalue weighted by molar-refractivity contribution is 6.31. The summed E-state index contributed by atoms with van der Waals surface area (Å²) in [5.41, 5.74) is 11.5. The minimum Gasteiger partial charge on any atom is -0.370 e. The zero-order valence-electron chi connectivity index (χ0n) is 8.26. The molecule has 0 heterocycles. The van der Waals surface area contributed by atoms with Crippen molar-refractivity contribution in [1.29, 1.82) is 0 Å². The van der Waals surface area contributed by atoms with E-state index >= 15 is 0 Å². The molecular weight excluding hydrogens is 219 g/mol. The van der Waals surface area contributed by atoms with Gasteiger partial charge in [0.25, 0.3) is 0 Å². The van der Waals surface area contributed by atoms with Crippen molar-refractivity contribution >= 4 is 17.5 Å². The van der Waals surface area contributed by atoms with Gasteiger partial charge in [0.2, 0.25) is 5.91 Å². The number of carbonyl (C=O) groups excluding carboxylic acids is 1. The molecule has 0 aliphatic rings. The predicted molar refractivity (Wildman–Crippen MR) is 56.9 cm³/mol. The SMILES string of the molecule is Cc1cc(Cl)c(C(N)CC(N)=O)cc1F. The molecule has 0 bridgehead atoms. The molecule has 1 atom stereocenters. The van der Waals surface area contributed by atoms with E-state index in [1.807, 2.05) is 0 Å². The van der Waals surface area contributed by atoms with Crippen LogP contribution in [0.4, 0.5) is 4.39 Å². The van der Waals surface area contributed by atoms with Gasteiger partial charge in [-0.1, -0.05) is 11.6 Å². The molecule has 0 radical (unpaired) electrons. The quantitative estimate of drug-likeness (QED) is 0.829. The number of benzene rings is 1. The van der Waals surface area contributed by atoms with Gasteiger partial charge in [0.1, 0.15) is 5.82 Å². The number of aryl methyl sites for hydroxylation is 1. The molecular formula is C10H12ClFN2O. The molecule has 1 rings (SSSR count). The van der Waals surface area contributed by atoms with Crippen molar-refractivity contribution < 1.29 is 9.18 Å². The first kappa shape index (κ1) is 11.9. The van der Waals surface area contributed by atoms with Crippen molar-refractivity contribution in [3.8, 4) is 0 Å². The van der Waals surface area contributed by atoms with Crippen LogP contribution in [0.25, 0.3) is 0 Å². The minimum atomic E-state index is -0.662. The van der Waals surface area contributed by atoms with Crippen molar-refractivity contribution in [3.63, 3.8) is 0 Å². The van der Waals surface area contributed by atoms with Crippen LogP contribution in [0, 0.1) is 12.7 Å². The van der Waals surface area contributed by atoms with Gasteiger partial charge in [0, 0.05) is 17.5 Å². The first-order chi connectivity index (χ1) is 6.91. The van der Waals surface area contributed by atoms with E-state index in [0.29, 0.717) is 16.1 Å². The van der Waals surface area contributed by atoms with Gasteiger partial charge in [-0.3, -0.25) is 4.79 Å². The summed E-state index contributed by atoms with van der Waals surface area (Å²) in [5.74, 6) is -0.936. The van der Waals surface area contributed by atoms with Crippen molar-refractivity contribution in [2.24, 2.45) is 11.5 Å². The van der Waals surface area contributed by atoms with Crippen molar-refractivity contribution in [3.05, 3.63) is 34.1 Å². The van der Waals surface area contributed by atoms with Gasteiger partial charge in [-0.05, 0) is 30.2 Å². The Morgan fingerprint density at radius 2 is 2.20 bits per heavy atom. The summed E-state index contributed by atoms with van der Waals surface area (Å²) in [7, 11) is 0. The molecule has 1 aromatic carbocycles. The van der Waals surface area contributed by atoms with Crippen LogP contribution in [0.5, 0.6) is 0 Å². The Hall–Kier alpha value is -1.13. The lowest BCUT2D eigenvalue weighted by molar-refractivity contribution is -0.118. The number of carbonyl (C=O) groups is 1. The fourth-order valence-corrected chi connectivity index (χ4v) is 1.63. The lowest BCUT2D eigenvalue weighted by Crippen LogP contribution is -2.21. The Morgan fingerprint density at radius 1 is 1.60 bits per heavy atom. The molecule has 5 heteroatoms. The fraction of sp³-hybridized carbons (Fsp3) is 0.300. The number of hydrogen-bond donors (Lipinski definition) is 2. The highest BCUT2D eigenvalue weighted by Crippen LogP contribution is 2.26. The van der Waals surface area contributed by atoms with Crippen LogP contribution in [0.2, 0.25) is 5.02 Å². The van der Waals surface area contributed by atoms with E-state index in [0.717, 1.165) is 0 Å². The summed E-state index contributed by atoms with van der Waals surface area (Å²) in [6, 6.07) is 2.06. The van der Waals surface area contributed by atoms with Gasteiger partial charge >= 0.3 is 0 Å². The van der Waals surface area contributed by atoms with Crippen LogP contribution in [-0.4, -0.2) is 5.91 Å². The van der Waals surface area contributed by atoms with Crippen LogP contribution < -0.4 is 11.5 Å². The number of rotatable bonds is 3. The number of halogens is 2. The monoisotopic (exact) mass is 230 g/mol. The molecule has 1 amide bonds. The third kappa shape index (κ3) is 2.91. The van der Waals surface area contributed by atoms with Gasteiger partial charge in [0.15, 0.2) is 0 Å². The van der Waals surface area contributed by atoms with Gasteiger partial charge in [0.05, 0.1) is 0 Å². The first-order valence-corrected chi connectivity index (χ1v) is 4.79. The Balaban J connectivity index is 3.03. The second kappa shape index (κ2) is 4.59. The molecule has 1 unspecified atom stereocenters. The summed E-state index contributed by atoms with van der Waals surface area (Å²) < 4.78 is 13.2. The van der Waals surface area contributed by atoms with Crippen molar-refractivity contribution in [1.82, 2.24) is 0 Å². The summed E-state index contributed by atoms with van der Waals surface area (Å²) in [6.07, 6.45) is -0.0534. The van der Waals surface area contributed by atoms with E-state index in [1.165, 1.54) is 12.1 Å². The zero-order chi connectivity index (χ0) is 11.6. The molecule has 82 valence electrons. The Morgan fingerprint density at radius 3 is 2.73 bits per heavy atom.